The van der Waals surface area contributed by atoms with E-state index in [0.717, 1.165) is 39.7 Å². The standard InChI is InChI=1S/C23H24BN5O3/c1-14-10-19-16(12-25)5-3-7-20(19)29(14)23-27-21(18-8-9-32-22(18)28-23)26-13-15-4-2-6-17(11-15)24(30)31/h2-7,10-11,30-31H,8-9,12-13,25H2,1H3,(H,26,27,28). The van der Waals surface area contributed by atoms with Gasteiger partial charge in [-0.05, 0) is 35.6 Å². The van der Waals surface area contributed by atoms with Crippen molar-refractivity contribution in [2.75, 3.05) is 11.9 Å². The number of ether oxygens (including phenoxy) is 1. The second-order valence-electron chi connectivity index (χ2n) is 7.90. The molecule has 0 spiro atoms. The normalized spacial score (nSPS) is 12.6. The van der Waals surface area contributed by atoms with E-state index in [2.05, 4.69) is 11.4 Å². The number of aromatic nitrogens is 3. The molecule has 0 atom stereocenters. The maximum absolute atomic E-state index is 9.44. The average molecular weight is 429 g/mol. The van der Waals surface area contributed by atoms with Gasteiger partial charge in [-0.2, -0.15) is 9.97 Å². The molecule has 9 heteroatoms. The molecular weight excluding hydrogens is 405 g/mol. The highest BCUT2D eigenvalue weighted by Crippen LogP contribution is 2.32. The van der Waals surface area contributed by atoms with Crippen LogP contribution in [0, 0.1) is 6.92 Å². The van der Waals surface area contributed by atoms with E-state index in [-0.39, 0.29) is 0 Å². The first-order chi connectivity index (χ1) is 15.5. The first-order valence-electron chi connectivity index (χ1n) is 10.6. The van der Waals surface area contributed by atoms with Crippen molar-refractivity contribution in [1.29, 1.82) is 0 Å². The Morgan fingerprint density at radius 2 is 2.00 bits per heavy atom. The summed E-state index contributed by atoms with van der Waals surface area (Å²) >= 11 is 0. The first kappa shape index (κ1) is 20.5. The zero-order chi connectivity index (χ0) is 22.2. The molecule has 2 aromatic heterocycles. The molecule has 0 radical (unpaired) electrons. The molecule has 0 bridgehead atoms. The molecule has 1 aliphatic heterocycles. The Hall–Kier alpha value is -3.40. The van der Waals surface area contributed by atoms with Crippen molar-refractivity contribution in [2.24, 2.45) is 5.73 Å². The second-order valence-corrected chi connectivity index (χ2v) is 7.90. The number of anilines is 1. The number of hydrogen-bond donors (Lipinski definition) is 4. The van der Waals surface area contributed by atoms with Crippen LogP contribution >= 0.6 is 0 Å². The molecule has 0 amide bonds. The van der Waals surface area contributed by atoms with Gasteiger partial charge in [0.25, 0.3) is 0 Å². The lowest BCUT2D eigenvalue weighted by atomic mass is 9.80. The van der Waals surface area contributed by atoms with Gasteiger partial charge in [-0.1, -0.05) is 36.4 Å². The van der Waals surface area contributed by atoms with Crippen molar-refractivity contribution in [3.63, 3.8) is 0 Å². The lowest BCUT2D eigenvalue weighted by Crippen LogP contribution is -2.30. The smallest absolute Gasteiger partial charge is 0.477 e. The van der Waals surface area contributed by atoms with Crippen molar-refractivity contribution in [2.45, 2.75) is 26.4 Å². The minimum atomic E-state index is -1.50. The predicted molar refractivity (Wildman–Crippen MR) is 124 cm³/mol. The van der Waals surface area contributed by atoms with E-state index in [1.54, 1.807) is 18.2 Å². The van der Waals surface area contributed by atoms with E-state index >= 15 is 0 Å². The number of rotatable bonds is 6. The largest absolute Gasteiger partial charge is 0.488 e. The molecule has 3 heterocycles. The summed E-state index contributed by atoms with van der Waals surface area (Å²) in [5.74, 6) is 1.84. The Morgan fingerprint density at radius 1 is 1.16 bits per heavy atom. The van der Waals surface area contributed by atoms with Crippen LogP contribution in [0.1, 0.15) is 22.4 Å². The fourth-order valence-corrected chi connectivity index (χ4v) is 4.21. The molecule has 5 rings (SSSR count). The van der Waals surface area contributed by atoms with Crippen LogP contribution in [0.4, 0.5) is 5.82 Å². The van der Waals surface area contributed by atoms with Crippen LogP contribution in [0.2, 0.25) is 0 Å². The van der Waals surface area contributed by atoms with Gasteiger partial charge in [-0.15, -0.1) is 0 Å². The van der Waals surface area contributed by atoms with E-state index in [1.807, 2.05) is 35.8 Å². The summed E-state index contributed by atoms with van der Waals surface area (Å²) in [6, 6.07) is 15.3. The van der Waals surface area contributed by atoms with E-state index in [1.165, 1.54) is 0 Å². The molecule has 0 saturated carbocycles. The van der Waals surface area contributed by atoms with Gasteiger partial charge in [0.15, 0.2) is 0 Å². The SMILES string of the molecule is Cc1cc2c(CN)cccc2n1-c1nc(NCc2cccc(B(O)O)c2)c2c(n1)OCC2. The molecule has 162 valence electrons. The number of benzene rings is 2. The molecular formula is C23H24BN5O3. The number of aryl methyl sites for hydroxylation is 1. The molecule has 0 saturated heterocycles. The molecule has 0 fully saturated rings. The van der Waals surface area contributed by atoms with Gasteiger partial charge in [0.1, 0.15) is 5.82 Å². The van der Waals surface area contributed by atoms with Crippen molar-refractivity contribution in [3.8, 4) is 11.8 Å². The third kappa shape index (κ3) is 3.60. The maximum Gasteiger partial charge on any atom is 0.488 e. The van der Waals surface area contributed by atoms with E-state index in [4.69, 9.17) is 20.4 Å². The summed E-state index contributed by atoms with van der Waals surface area (Å²) < 4.78 is 7.80. The number of nitrogens with two attached hydrogens (primary N) is 1. The molecule has 32 heavy (non-hydrogen) atoms. The Bertz CT molecular complexity index is 1300. The molecule has 4 aromatic rings. The molecule has 1 aliphatic rings. The minimum absolute atomic E-state index is 0.450. The molecule has 0 unspecified atom stereocenters. The lowest BCUT2D eigenvalue weighted by Gasteiger charge is -2.14. The van der Waals surface area contributed by atoms with Crippen LogP contribution in [-0.4, -0.2) is 38.3 Å². The third-order valence-electron chi connectivity index (χ3n) is 5.80. The van der Waals surface area contributed by atoms with Crippen molar-refractivity contribution >= 4 is 29.3 Å². The number of nitrogens with zero attached hydrogens (tertiary/aromatic N) is 3. The predicted octanol–water partition coefficient (Wildman–Crippen LogP) is 1.41. The van der Waals surface area contributed by atoms with Crippen LogP contribution in [-0.2, 0) is 19.5 Å². The van der Waals surface area contributed by atoms with Gasteiger partial charge >= 0.3 is 7.12 Å². The molecule has 8 nitrogen and oxygen atoms in total. The number of hydrogen-bond acceptors (Lipinski definition) is 7. The van der Waals surface area contributed by atoms with E-state index < -0.39 is 7.12 Å². The summed E-state index contributed by atoms with van der Waals surface area (Å²) in [6.07, 6.45) is 0.732. The van der Waals surface area contributed by atoms with Gasteiger partial charge in [0.2, 0.25) is 11.8 Å². The lowest BCUT2D eigenvalue weighted by molar-refractivity contribution is 0.344. The quantitative estimate of drug-likeness (QED) is 0.343. The van der Waals surface area contributed by atoms with Gasteiger partial charge in [-0.3, -0.25) is 4.57 Å². The zero-order valence-corrected chi connectivity index (χ0v) is 17.7. The Labute approximate surface area is 185 Å². The number of nitrogens with one attached hydrogen (secondary N) is 1. The van der Waals surface area contributed by atoms with Gasteiger partial charge in [0.05, 0.1) is 17.7 Å². The maximum atomic E-state index is 9.44. The van der Waals surface area contributed by atoms with Crippen molar-refractivity contribution in [3.05, 3.63) is 70.9 Å². The van der Waals surface area contributed by atoms with Crippen LogP contribution in [0.5, 0.6) is 5.88 Å². The summed E-state index contributed by atoms with van der Waals surface area (Å²) in [6.45, 7) is 3.53. The van der Waals surface area contributed by atoms with Gasteiger partial charge in [-0.25, -0.2) is 0 Å². The first-order valence-corrected chi connectivity index (χ1v) is 10.6. The zero-order valence-electron chi connectivity index (χ0n) is 17.7. The summed E-state index contributed by atoms with van der Waals surface area (Å²) in [5, 5.41) is 23.4. The fraction of sp³-hybridized carbons (Fsp3) is 0.217. The van der Waals surface area contributed by atoms with E-state index in [0.29, 0.717) is 42.8 Å². The monoisotopic (exact) mass is 429 g/mol. The highest BCUT2D eigenvalue weighted by Gasteiger charge is 2.23. The molecule has 0 aliphatic carbocycles. The Balaban J connectivity index is 1.54. The Kier molecular flexibility index (Phi) is 5.30. The summed E-state index contributed by atoms with van der Waals surface area (Å²) in [7, 11) is -1.50. The van der Waals surface area contributed by atoms with Crippen LogP contribution < -0.4 is 21.3 Å². The topological polar surface area (TPSA) is 118 Å². The van der Waals surface area contributed by atoms with Gasteiger partial charge in [0, 0.05) is 30.6 Å². The van der Waals surface area contributed by atoms with Crippen molar-refractivity contribution < 1.29 is 14.8 Å². The van der Waals surface area contributed by atoms with Gasteiger partial charge < -0.3 is 25.8 Å². The highest BCUT2D eigenvalue weighted by molar-refractivity contribution is 6.58. The number of fused-ring (bicyclic) bond motifs is 2. The molecule has 5 N–H and O–H groups in total. The Morgan fingerprint density at radius 3 is 2.81 bits per heavy atom. The third-order valence-corrected chi connectivity index (χ3v) is 5.80. The van der Waals surface area contributed by atoms with Crippen molar-refractivity contribution in [1.82, 2.24) is 14.5 Å². The second kappa shape index (κ2) is 8.27. The average Bonchev–Trinajstić information content (AvgIpc) is 3.40. The highest BCUT2D eigenvalue weighted by atomic mass is 16.5. The molecule has 2 aromatic carbocycles. The fourth-order valence-electron chi connectivity index (χ4n) is 4.21. The van der Waals surface area contributed by atoms with E-state index in [9.17, 15) is 10.0 Å². The van der Waals surface area contributed by atoms with Crippen LogP contribution in [0.15, 0.2) is 48.5 Å². The van der Waals surface area contributed by atoms with Crippen LogP contribution in [0.25, 0.3) is 16.9 Å². The summed E-state index contributed by atoms with van der Waals surface area (Å²) in [5.41, 5.74) is 11.3. The minimum Gasteiger partial charge on any atom is -0.477 e. The van der Waals surface area contributed by atoms with Crippen LogP contribution in [0.3, 0.4) is 0 Å². The summed E-state index contributed by atoms with van der Waals surface area (Å²) in [4.78, 5) is 9.56.